The van der Waals surface area contributed by atoms with E-state index < -0.39 is 0 Å². The highest BCUT2D eigenvalue weighted by atomic mass is 15.2. The number of nitrogens with zero attached hydrogens (tertiary/aromatic N) is 4. The summed E-state index contributed by atoms with van der Waals surface area (Å²) in [5.41, 5.74) is 0.763. The maximum Gasteiger partial charge on any atom is 0.203 e. The molecule has 0 saturated carbocycles. The topological polar surface area (TPSA) is 67.1 Å². The fraction of sp³-hybridized carbons (Fsp3) is 0.500. The number of anilines is 1. The molecule has 6 heteroatoms. The monoisotopic (exact) mass is 220 g/mol. The lowest BCUT2D eigenvalue weighted by Gasteiger charge is -2.12. The van der Waals surface area contributed by atoms with Gasteiger partial charge in [-0.05, 0) is 19.5 Å². The molecule has 0 aromatic carbocycles. The van der Waals surface area contributed by atoms with Crippen LogP contribution in [0.3, 0.4) is 0 Å². The van der Waals surface area contributed by atoms with Crippen LogP contribution in [0, 0.1) is 5.92 Å². The van der Waals surface area contributed by atoms with Crippen molar-refractivity contribution in [2.75, 3.05) is 25.5 Å². The molecule has 2 heterocycles. The largest absolute Gasteiger partial charge is 0.367 e. The van der Waals surface area contributed by atoms with Crippen molar-refractivity contribution >= 4 is 11.5 Å². The fourth-order valence-corrected chi connectivity index (χ4v) is 1.57. The van der Waals surface area contributed by atoms with Gasteiger partial charge in [-0.15, -0.1) is 10.2 Å². The smallest absolute Gasteiger partial charge is 0.203 e. The minimum absolute atomic E-state index is 0.537. The molecule has 2 N–H and O–H groups in total. The maximum atomic E-state index is 4.26. The Kier molecular flexibility index (Phi) is 3.31. The summed E-state index contributed by atoms with van der Waals surface area (Å²) >= 11 is 0. The molecule has 0 spiro atoms. The van der Waals surface area contributed by atoms with E-state index in [0.717, 1.165) is 24.6 Å². The predicted octanol–water partition coefficient (Wildman–Crippen LogP) is 0.392. The van der Waals surface area contributed by atoms with Gasteiger partial charge in [0.15, 0.2) is 5.82 Å². The first-order valence-corrected chi connectivity index (χ1v) is 5.34. The Labute approximate surface area is 94.1 Å². The van der Waals surface area contributed by atoms with Crippen LogP contribution < -0.4 is 10.6 Å². The van der Waals surface area contributed by atoms with Gasteiger partial charge in [0.25, 0.3) is 0 Å². The van der Waals surface area contributed by atoms with E-state index in [2.05, 4.69) is 32.7 Å². The number of nitrogens with one attached hydrogen (secondary N) is 2. The van der Waals surface area contributed by atoms with Gasteiger partial charge >= 0.3 is 0 Å². The SMILES string of the molecule is CNCC(C)CNc1nccn2cnnc12. The maximum absolute atomic E-state index is 4.26. The van der Waals surface area contributed by atoms with Crippen LogP contribution >= 0.6 is 0 Å². The third-order valence-corrected chi connectivity index (χ3v) is 2.39. The van der Waals surface area contributed by atoms with Gasteiger partial charge in [0.05, 0.1) is 0 Å². The predicted molar refractivity (Wildman–Crippen MR) is 62.4 cm³/mol. The van der Waals surface area contributed by atoms with Gasteiger partial charge < -0.3 is 10.6 Å². The Hall–Kier alpha value is -1.69. The standard InChI is InChI=1S/C10H16N6/c1-8(5-11-2)6-13-9-10-15-14-7-16(10)4-3-12-9/h3-4,7-8,11H,5-6H2,1-2H3,(H,12,13). The van der Waals surface area contributed by atoms with E-state index in [1.807, 2.05) is 17.6 Å². The number of fused-ring (bicyclic) bond motifs is 1. The first kappa shape index (κ1) is 10.8. The van der Waals surface area contributed by atoms with Crippen molar-refractivity contribution in [1.82, 2.24) is 24.9 Å². The van der Waals surface area contributed by atoms with Crippen LogP contribution in [-0.2, 0) is 0 Å². The van der Waals surface area contributed by atoms with Crippen molar-refractivity contribution in [2.24, 2.45) is 5.92 Å². The Balaban J connectivity index is 2.06. The molecule has 86 valence electrons. The molecule has 6 nitrogen and oxygen atoms in total. The van der Waals surface area contributed by atoms with E-state index in [1.165, 1.54) is 0 Å². The lowest BCUT2D eigenvalue weighted by Crippen LogP contribution is -2.23. The van der Waals surface area contributed by atoms with Crippen LogP contribution in [0.25, 0.3) is 5.65 Å². The van der Waals surface area contributed by atoms with E-state index in [0.29, 0.717) is 5.92 Å². The van der Waals surface area contributed by atoms with Crippen molar-refractivity contribution in [2.45, 2.75) is 6.92 Å². The first-order valence-electron chi connectivity index (χ1n) is 5.34. The summed E-state index contributed by atoms with van der Waals surface area (Å²) in [6.07, 6.45) is 5.23. The summed E-state index contributed by atoms with van der Waals surface area (Å²) in [6, 6.07) is 0. The van der Waals surface area contributed by atoms with Gasteiger partial charge in [0.2, 0.25) is 5.65 Å². The molecular weight excluding hydrogens is 204 g/mol. The van der Waals surface area contributed by atoms with Gasteiger partial charge in [-0.3, -0.25) is 4.40 Å². The Bertz CT molecular complexity index is 451. The Morgan fingerprint density at radius 1 is 1.44 bits per heavy atom. The van der Waals surface area contributed by atoms with Crippen LogP contribution in [0.2, 0.25) is 0 Å². The number of rotatable bonds is 5. The second-order valence-electron chi connectivity index (χ2n) is 3.88. The van der Waals surface area contributed by atoms with Crippen LogP contribution in [0.4, 0.5) is 5.82 Å². The van der Waals surface area contributed by atoms with Gasteiger partial charge in [0.1, 0.15) is 6.33 Å². The molecule has 2 rings (SSSR count). The van der Waals surface area contributed by atoms with Gasteiger partial charge in [-0.25, -0.2) is 4.98 Å². The number of hydrogen-bond donors (Lipinski definition) is 2. The third kappa shape index (κ3) is 2.27. The lowest BCUT2D eigenvalue weighted by atomic mass is 10.2. The van der Waals surface area contributed by atoms with Gasteiger partial charge in [-0.2, -0.15) is 0 Å². The summed E-state index contributed by atoms with van der Waals surface area (Å²) in [4.78, 5) is 4.26. The van der Waals surface area contributed by atoms with Crippen LogP contribution in [-0.4, -0.2) is 39.7 Å². The molecule has 0 fully saturated rings. The van der Waals surface area contributed by atoms with Crippen molar-refractivity contribution in [3.05, 3.63) is 18.7 Å². The molecule has 0 aliphatic heterocycles. The highest BCUT2D eigenvalue weighted by Gasteiger charge is 2.06. The van der Waals surface area contributed by atoms with E-state index in [9.17, 15) is 0 Å². The summed E-state index contributed by atoms with van der Waals surface area (Å²) in [5, 5.41) is 14.3. The average molecular weight is 220 g/mol. The summed E-state index contributed by atoms with van der Waals surface area (Å²) in [7, 11) is 1.95. The molecule has 0 aliphatic carbocycles. The van der Waals surface area contributed by atoms with Crippen LogP contribution in [0.5, 0.6) is 0 Å². The second-order valence-corrected chi connectivity index (χ2v) is 3.88. The summed E-state index contributed by atoms with van der Waals surface area (Å²) in [6.45, 7) is 4.01. The molecule has 0 amide bonds. The Morgan fingerprint density at radius 3 is 3.12 bits per heavy atom. The molecule has 1 atom stereocenters. The van der Waals surface area contributed by atoms with Crippen molar-refractivity contribution in [1.29, 1.82) is 0 Å². The van der Waals surface area contributed by atoms with E-state index in [1.54, 1.807) is 12.5 Å². The first-order chi connectivity index (χ1) is 7.81. The minimum atomic E-state index is 0.537. The second kappa shape index (κ2) is 4.89. The average Bonchev–Trinajstić information content (AvgIpc) is 2.75. The van der Waals surface area contributed by atoms with E-state index in [4.69, 9.17) is 0 Å². The van der Waals surface area contributed by atoms with Crippen molar-refractivity contribution in [3.8, 4) is 0 Å². The molecule has 0 bridgehead atoms. The zero-order valence-electron chi connectivity index (χ0n) is 9.51. The molecule has 2 aromatic rings. The quantitative estimate of drug-likeness (QED) is 0.763. The fourth-order valence-electron chi connectivity index (χ4n) is 1.57. The molecule has 0 radical (unpaired) electrons. The summed E-state index contributed by atoms with van der Waals surface area (Å²) in [5.74, 6) is 1.32. The van der Waals surface area contributed by atoms with Crippen LogP contribution in [0.1, 0.15) is 6.92 Å². The van der Waals surface area contributed by atoms with Crippen molar-refractivity contribution in [3.63, 3.8) is 0 Å². The van der Waals surface area contributed by atoms with Crippen LogP contribution in [0.15, 0.2) is 18.7 Å². The highest BCUT2D eigenvalue weighted by Crippen LogP contribution is 2.09. The van der Waals surface area contributed by atoms with Gasteiger partial charge in [-0.1, -0.05) is 6.92 Å². The lowest BCUT2D eigenvalue weighted by molar-refractivity contribution is 0.569. The minimum Gasteiger partial charge on any atom is -0.367 e. The zero-order chi connectivity index (χ0) is 11.4. The van der Waals surface area contributed by atoms with E-state index in [-0.39, 0.29) is 0 Å². The van der Waals surface area contributed by atoms with E-state index >= 15 is 0 Å². The summed E-state index contributed by atoms with van der Waals surface area (Å²) < 4.78 is 1.85. The number of aromatic nitrogens is 4. The highest BCUT2D eigenvalue weighted by molar-refractivity contribution is 5.61. The molecule has 2 aromatic heterocycles. The molecule has 16 heavy (non-hydrogen) atoms. The normalized spacial score (nSPS) is 12.9. The Morgan fingerprint density at radius 2 is 2.31 bits per heavy atom. The van der Waals surface area contributed by atoms with Crippen molar-refractivity contribution < 1.29 is 0 Å². The number of hydrogen-bond acceptors (Lipinski definition) is 5. The molecule has 1 unspecified atom stereocenters. The van der Waals surface area contributed by atoms with Gasteiger partial charge in [0, 0.05) is 18.9 Å². The third-order valence-electron chi connectivity index (χ3n) is 2.39. The molecule has 0 saturated heterocycles. The molecular formula is C10H16N6. The zero-order valence-corrected chi connectivity index (χ0v) is 9.51. The molecule has 0 aliphatic rings.